The molecule has 0 bridgehead atoms. The second-order valence-corrected chi connectivity index (χ2v) is 7.09. The number of rotatable bonds is 5. The molecule has 0 aliphatic carbocycles. The summed E-state index contributed by atoms with van der Waals surface area (Å²) in [6.45, 7) is 5.45. The van der Waals surface area contributed by atoms with Gasteiger partial charge in [0.1, 0.15) is 6.10 Å². The van der Waals surface area contributed by atoms with Crippen molar-refractivity contribution in [3.63, 3.8) is 0 Å². The molecule has 0 saturated carbocycles. The smallest absolute Gasteiger partial charge is 0.228 e. The first-order valence-corrected chi connectivity index (χ1v) is 8.93. The number of aromatic nitrogens is 2. The van der Waals surface area contributed by atoms with Crippen LogP contribution in [-0.2, 0) is 16.1 Å². The fraction of sp³-hybridized carbons (Fsp3) is 0.529. The maximum Gasteiger partial charge on any atom is 0.228 e. The first kappa shape index (κ1) is 16.2. The molecule has 1 aliphatic rings. The first-order chi connectivity index (χ1) is 11.1. The third-order valence-electron chi connectivity index (χ3n) is 4.27. The Morgan fingerprint density at radius 2 is 2.35 bits per heavy atom. The Balaban J connectivity index is 1.75. The Morgan fingerprint density at radius 3 is 3.04 bits per heavy atom. The van der Waals surface area contributed by atoms with Crippen LogP contribution in [-0.4, -0.2) is 34.2 Å². The molecule has 0 radical (unpaired) electrons. The zero-order chi connectivity index (χ0) is 16.4. The Bertz CT molecular complexity index is 651. The molecule has 0 unspecified atom stereocenters. The highest BCUT2D eigenvalue weighted by molar-refractivity contribution is 7.07. The molecule has 2 aromatic heterocycles. The van der Waals surface area contributed by atoms with Gasteiger partial charge in [-0.2, -0.15) is 16.4 Å². The van der Waals surface area contributed by atoms with Crippen molar-refractivity contribution < 1.29 is 9.53 Å². The quantitative estimate of drug-likeness (QED) is 0.844. The van der Waals surface area contributed by atoms with Gasteiger partial charge in [-0.1, -0.05) is 0 Å². The number of hydrogen-bond donors (Lipinski definition) is 0. The molecule has 2 aromatic rings. The Hall–Kier alpha value is -1.66. The van der Waals surface area contributed by atoms with Crippen molar-refractivity contribution in [2.24, 2.45) is 5.92 Å². The minimum Gasteiger partial charge on any atom is -0.371 e. The van der Waals surface area contributed by atoms with E-state index < -0.39 is 0 Å². The number of carbonyl (C=O) groups excluding carboxylic acids is 1. The summed E-state index contributed by atoms with van der Waals surface area (Å²) in [7, 11) is 1.87. The van der Waals surface area contributed by atoms with Crippen molar-refractivity contribution in [1.29, 1.82) is 0 Å². The maximum absolute atomic E-state index is 12.9. The Kier molecular flexibility index (Phi) is 4.82. The summed E-state index contributed by atoms with van der Waals surface area (Å²) >= 11 is 1.66. The Labute approximate surface area is 140 Å². The highest BCUT2D eigenvalue weighted by Crippen LogP contribution is 2.36. The summed E-state index contributed by atoms with van der Waals surface area (Å²) in [6.07, 6.45) is 2.35. The average molecular weight is 333 g/mol. The predicted octanol–water partition coefficient (Wildman–Crippen LogP) is 3.26. The first-order valence-electron chi connectivity index (χ1n) is 7.99. The summed E-state index contributed by atoms with van der Waals surface area (Å²) in [5, 5.41) is 8.49. The molecule has 1 fully saturated rings. The maximum atomic E-state index is 12.9. The van der Waals surface area contributed by atoms with Gasteiger partial charge in [-0.25, -0.2) is 0 Å². The van der Waals surface area contributed by atoms with Crippen LogP contribution in [0, 0.1) is 5.92 Å². The summed E-state index contributed by atoms with van der Waals surface area (Å²) in [4.78, 5) is 14.7. The molecular weight excluding hydrogens is 310 g/mol. The van der Waals surface area contributed by atoms with E-state index in [0.717, 1.165) is 12.1 Å². The fourth-order valence-corrected chi connectivity index (χ4v) is 3.79. The van der Waals surface area contributed by atoms with Crippen molar-refractivity contribution >= 4 is 17.2 Å². The molecule has 3 heterocycles. The lowest BCUT2D eigenvalue weighted by Gasteiger charge is -2.25. The second-order valence-electron chi connectivity index (χ2n) is 6.31. The lowest BCUT2D eigenvalue weighted by molar-refractivity contribution is -0.136. The lowest BCUT2D eigenvalue weighted by Crippen LogP contribution is -2.34. The Morgan fingerprint density at radius 1 is 1.52 bits per heavy atom. The van der Waals surface area contributed by atoms with E-state index in [0.29, 0.717) is 13.2 Å². The van der Waals surface area contributed by atoms with Gasteiger partial charge < -0.3 is 9.64 Å². The number of thiophene rings is 1. The average Bonchev–Trinajstić information content (AvgIpc) is 3.26. The third kappa shape index (κ3) is 3.33. The van der Waals surface area contributed by atoms with Crippen LogP contribution >= 0.6 is 11.3 Å². The van der Waals surface area contributed by atoms with E-state index in [2.05, 4.69) is 30.4 Å². The van der Waals surface area contributed by atoms with E-state index in [1.807, 2.05) is 28.1 Å². The van der Waals surface area contributed by atoms with Gasteiger partial charge in [0, 0.05) is 32.4 Å². The summed E-state index contributed by atoms with van der Waals surface area (Å²) in [5.74, 6) is 0.0167. The number of hydrogen-bond acceptors (Lipinski definition) is 4. The van der Waals surface area contributed by atoms with Crippen LogP contribution in [0.25, 0.3) is 0 Å². The fourth-order valence-electron chi connectivity index (χ4n) is 3.13. The number of nitrogens with zero attached hydrogens (tertiary/aromatic N) is 3. The van der Waals surface area contributed by atoms with Crippen molar-refractivity contribution in [1.82, 2.24) is 14.7 Å². The summed E-state index contributed by atoms with van der Waals surface area (Å²) in [6, 6.07) is 4.28. The van der Waals surface area contributed by atoms with Gasteiger partial charge in [0.05, 0.1) is 11.6 Å². The van der Waals surface area contributed by atoms with E-state index in [1.165, 1.54) is 5.56 Å². The molecule has 0 spiro atoms. The number of carbonyl (C=O) groups is 1. The van der Waals surface area contributed by atoms with E-state index >= 15 is 0 Å². The van der Waals surface area contributed by atoms with Gasteiger partial charge in [0.15, 0.2) is 0 Å². The second kappa shape index (κ2) is 6.84. The van der Waals surface area contributed by atoms with E-state index in [4.69, 9.17) is 4.74 Å². The van der Waals surface area contributed by atoms with E-state index in [1.54, 1.807) is 17.5 Å². The molecule has 1 saturated heterocycles. The molecule has 5 nitrogen and oxygen atoms in total. The monoisotopic (exact) mass is 333 g/mol. The molecule has 1 amide bonds. The van der Waals surface area contributed by atoms with Crippen LogP contribution in [0.4, 0.5) is 0 Å². The largest absolute Gasteiger partial charge is 0.371 e. The van der Waals surface area contributed by atoms with E-state index in [9.17, 15) is 4.79 Å². The van der Waals surface area contributed by atoms with Crippen LogP contribution in [0.1, 0.15) is 43.7 Å². The highest BCUT2D eigenvalue weighted by Gasteiger charge is 2.38. The normalized spacial score (nSPS) is 21.0. The molecule has 6 heteroatoms. The van der Waals surface area contributed by atoms with Crippen molar-refractivity contribution in [3.8, 4) is 0 Å². The number of amides is 1. The van der Waals surface area contributed by atoms with Crippen molar-refractivity contribution in [3.05, 3.63) is 40.3 Å². The molecule has 2 atom stereocenters. The van der Waals surface area contributed by atoms with Gasteiger partial charge in [-0.3, -0.25) is 9.48 Å². The molecule has 1 aliphatic heterocycles. The zero-order valence-electron chi connectivity index (χ0n) is 13.8. The summed E-state index contributed by atoms with van der Waals surface area (Å²) in [5.41, 5.74) is 2.17. The van der Waals surface area contributed by atoms with Gasteiger partial charge in [0.2, 0.25) is 5.91 Å². The van der Waals surface area contributed by atoms with E-state index in [-0.39, 0.29) is 24.0 Å². The standard InChI is InChI=1S/C17H23N3O2S/c1-12(2)20-15(4-7-18-20)16-14(5-8-22-16)17(21)19(3)10-13-6-9-23-11-13/h4,6-7,9,11-12,14,16H,5,8,10H2,1-3H3/t14-,16-/m0/s1. The van der Waals surface area contributed by atoms with Crippen LogP contribution in [0.5, 0.6) is 0 Å². The van der Waals surface area contributed by atoms with Gasteiger partial charge in [-0.15, -0.1) is 0 Å². The molecule has 23 heavy (non-hydrogen) atoms. The minimum absolute atomic E-state index is 0.132. The van der Waals surface area contributed by atoms with Crippen LogP contribution in [0.15, 0.2) is 29.1 Å². The van der Waals surface area contributed by atoms with Gasteiger partial charge in [0.25, 0.3) is 0 Å². The molecular formula is C17H23N3O2S. The third-order valence-corrected chi connectivity index (χ3v) is 5.00. The van der Waals surface area contributed by atoms with Crippen LogP contribution in [0.2, 0.25) is 0 Å². The highest BCUT2D eigenvalue weighted by atomic mass is 32.1. The predicted molar refractivity (Wildman–Crippen MR) is 90.2 cm³/mol. The molecule has 3 rings (SSSR count). The summed E-state index contributed by atoms with van der Waals surface area (Å²) < 4.78 is 7.85. The van der Waals surface area contributed by atoms with Crippen LogP contribution < -0.4 is 0 Å². The minimum atomic E-state index is -0.197. The van der Waals surface area contributed by atoms with Crippen molar-refractivity contribution in [2.45, 2.75) is 39.0 Å². The van der Waals surface area contributed by atoms with Gasteiger partial charge >= 0.3 is 0 Å². The lowest BCUT2D eigenvalue weighted by atomic mass is 9.97. The molecule has 124 valence electrons. The molecule has 0 aromatic carbocycles. The topological polar surface area (TPSA) is 47.4 Å². The van der Waals surface area contributed by atoms with Gasteiger partial charge in [-0.05, 0) is 48.7 Å². The van der Waals surface area contributed by atoms with Crippen LogP contribution in [0.3, 0.4) is 0 Å². The van der Waals surface area contributed by atoms with Crippen molar-refractivity contribution in [2.75, 3.05) is 13.7 Å². The number of ether oxygens (including phenoxy) is 1. The SMILES string of the molecule is CC(C)n1nccc1[C@H]1OCC[C@@H]1C(=O)N(C)Cc1ccsc1. The zero-order valence-corrected chi connectivity index (χ0v) is 14.6. The molecule has 0 N–H and O–H groups in total.